The van der Waals surface area contributed by atoms with E-state index in [1.165, 1.54) is 11.8 Å². The Balaban J connectivity index is 1.79. The van der Waals surface area contributed by atoms with Gasteiger partial charge in [0, 0.05) is 30.2 Å². The Bertz CT molecular complexity index is 962. The molecule has 0 unspecified atom stereocenters. The van der Waals surface area contributed by atoms with E-state index in [0.717, 1.165) is 11.3 Å². The molecule has 2 N–H and O–H groups in total. The number of thioether (sulfide) groups is 1. The zero-order chi connectivity index (χ0) is 20.6. The molecule has 0 saturated heterocycles. The number of hydrogen-bond acceptors (Lipinski definition) is 6. The Morgan fingerprint density at radius 2 is 1.83 bits per heavy atom. The molecule has 0 bridgehead atoms. The van der Waals surface area contributed by atoms with E-state index in [9.17, 15) is 9.59 Å². The Morgan fingerprint density at radius 1 is 1.10 bits per heavy atom. The summed E-state index contributed by atoms with van der Waals surface area (Å²) >= 11 is 1.26. The lowest BCUT2D eigenvalue weighted by Crippen LogP contribution is -2.45. The SMILES string of the molecule is CCNC(=O)[C@@H](C)NC(=O)CSc1nnc(-c2ccncc2)n1-c1ccccc1. The fraction of sp³-hybridized carbons (Fsp3) is 0.250. The summed E-state index contributed by atoms with van der Waals surface area (Å²) in [5.41, 5.74) is 1.76. The summed E-state index contributed by atoms with van der Waals surface area (Å²) in [6, 6.07) is 12.8. The number of nitrogens with zero attached hydrogens (tertiary/aromatic N) is 4. The van der Waals surface area contributed by atoms with Crippen molar-refractivity contribution in [3.63, 3.8) is 0 Å². The van der Waals surface area contributed by atoms with Crippen molar-refractivity contribution < 1.29 is 9.59 Å². The lowest BCUT2D eigenvalue weighted by Gasteiger charge is -2.13. The van der Waals surface area contributed by atoms with Crippen LogP contribution in [0.2, 0.25) is 0 Å². The lowest BCUT2D eigenvalue weighted by molar-refractivity contribution is -0.127. The maximum Gasteiger partial charge on any atom is 0.242 e. The number of likely N-dealkylation sites (N-methyl/N-ethyl adjacent to an activating group) is 1. The number of pyridine rings is 1. The second-order valence-corrected chi connectivity index (χ2v) is 7.13. The zero-order valence-corrected chi connectivity index (χ0v) is 17.0. The molecule has 2 aromatic heterocycles. The van der Waals surface area contributed by atoms with Crippen LogP contribution in [-0.4, -0.2) is 49.9 Å². The quantitative estimate of drug-likeness (QED) is 0.551. The predicted molar refractivity (Wildman–Crippen MR) is 112 cm³/mol. The molecular formula is C20H22N6O2S. The van der Waals surface area contributed by atoms with Gasteiger partial charge in [0.15, 0.2) is 11.0 Å². The maximum atomic E-state index is 12.3. The van der Waals surface area contributed by atoms with Crippen LogP contribution in [0.3, 0.4) is 0 Å². The van der Waals surface area contributed by atoms with Crippen LogP contribution in [0.4, 0.5) is 0 Å². The number of benzene rings is 1. The van der Waals surface area contributed by atoms with Gasteiger partial charge in [-0.15, -0.1) is 10.2 Å². The molecule has 1 atom stereocenters. The first-order valence-corrected chi connectivity index (χ1v) is 10.2. The first kappa shape index (κ1) is 20.5. The summed E-state index contributed by atoms with van der Waals surface area (Å²) < 4.78 is 1.90. The van der Waals surface area contributed by atoms with Crippen LogP contribution >= 0.6 is 11.8 Å². The van der Waals surface area contributed by atoms with E-state index in [-0.39, 0.29) is 17.6 Å². The molecule has 0 fully saturated rings. The molecule has 2 heterocycles. The molecule has 0 aliphatic carbocycles. The predicted octanol–water partition coefficient (Wildman–Crippen LogP) is 2.06. The van der Waals surface area contributed by atoms with Crippen molar-refractivity contribution in [1.82, 2.24) is 30.4 Å². The van der Waals surface area contributed by atoms with Gasteiger partial charge in [0.2, 0.25) is 11.8 Å². The summed E-state index contributed by atoms with van der Waals surface area (Å²) in [4.78, 5) is 28.1. The van der Waals surface area contributed by atoms with Crippen molar-refractivity contribution in [3.05, 3.63) is 54.9 Å². The Labute approximate surface area is 173 Å². The fourth-order valence-electron chi connectivity index (χ4n) is 2.67. The molecule has 1 aromatic carbocycles. The van der Waals surface area contributed by atoms with E-state index in [0.29, 0.717) is 17.5 Å². The second-order valence-electron chi connectivity index (χ2n) is 6.19. The molecule has 0 saturated carbocycles. The van der Waals surface area contributed by atoms with Crippen LogP contribution in [0, 0.1) is 0 Å². The average Bonchev–Trinajstić information content (AvgIpc) is 3.17. The van der Waals surface area contributed by atoms with Crippen molar-refractivity contribution in [3.8, 4) is 17.1 Å². The molecule has 3 aromatic rings. The minimum atomic E-state index is -0.595. The van der Waals surface area contributed by atoms with Crippen LogP contribution in [0.25, 0.3) is 17.1 Å². The van der Waals surface area contributed by atoms with Crippen LogP contribution in [0.1, 0.15) is 13.8 Å². The number of aromatic nitrogens is 4. The molecule has 9 heteroatoms. The molecule has 0 aliphatic rings. The third kappa shape index (κ3) is 5.20. The van der Waals surface area contributed by atoms with Gasteiger partial charge in [-0.25, -0.2) is 0 Å². The van der Waals surface area contributed by atoms with Gasteiger partial charge in [0.1, 0.15) is 6.04 Å². The van der Waals surface area contributed by atoms with Gasteiger partial charge in [-0.1, -0.05) is 30.0 Å². The standard InChI is InChI=1S/C20H22N6O2S/c1-3-22-19(28)14(2)23-17(27)13-29-20-25-24-18(15-9-11-21-12-10-15)26(20)16-7-5-4-6-8-16/h4-12,14H,3,13H2,1-2H3,(H,22,28)(H,23,27)/t14-/m1/s1. The van der Waals surface area contributed by atoms with E-state index in [1.54, 1.807) is 19.3 Å². The molecular weight excluding hydrogens is 388 g/mol. The molecule has 150 valence electrons. The van der Waals surface area contributed by atoms with E-state index in [2.05, 4.69) is 25.8 Å². The monoisotopic (exact) mass is 410 g/mol. The minimum absolute atomic E-state index is 0.116. The van der Waals surface area contributed by atoms with Crippen molar-refractivity contribution >= 4 is 23.6 Å². The van der Waals surface area contributed by atoms with Crippen molar-refractivity contribution in [1.29, 1.82) is 0 Å². The second kappa shape index (κ2) is 9.83. The molecule has 2 amide bonds. The Kier molecular flexibility index (Phi) is 6.96. The van der Waals surface area contributed by atoms with Gasteiger partial charge < -0.3 is 10.6 Å². The van der Waals surface area contributed by atoms with Crippen molar-refractivity contribution in [2.24, 2.45) is 0 Å². The summed E-state index contributed by atoms with van der Waals surface area (Å²) in [6.45, 7) is 4.01. The van der Waals surface area contributed by atoms with E-state index in [4.69, 9.17) is 0 Å². The zero-order valence-electron chi connectivity index (χ0n) is 16.2. The van der Waals surface area contributed by atoms with Crippen molar-refractivity contribution in [2.45, 2.75) is 25.0 Å². The maximum absolute atomic E-state index is 12.3. The Hall–Kier alpha value is -3.20. The van der Waals surface area contributed by atoms with Crippen LogP contribution in [-0.2, 0) is 9.59 Å². The smallest absolute Gasteiger partial charge is 0.242 e. The highest BCUT2D eigenvalue weighted by Gasteiger charge is 2.19. The first-order valence-electron chi connectivity index (χ1n) is 9.21. The fourth-order valence-corrected chi connectivity index (χ4v) is 3.43. The van der Waals surface area contributed by atoms with Crippen LogP contribution in [0.5, 0.6) is 0 Å². The lowest BCUT2D eigenvalue weighted by atomic mass is 10.2. The van der Waals surface area contributed by atoms with Gasteiger partial charge in [0.25, 0.3) is 0 Å². The summed E-state index contributed by atoms with van der Waals surface area (Å²) in [7, 11) is 0. The minimum Gasteiger partial charge on any atom is -0.355 e. The van der Waals surface area contributed by atoms with Gasteiger partial charge >= 0.3 is 0 Å². The molecule has 0 spiro atoms. The molecule has 0 aliphatic heterocycles. The molecule has 8 nitrogen and oxygen atoms in total. The highest BCUT2D eigenvalue weighted by molar-refractivity contribution is 7.99. The van der Waals surface area contributed by atoms with Gasteiger partial charge in [-0.3, -0.25) is 19.1 Å². The van der Waals surface area contributed by atoms with Crippen molar-refractivity contribution in [2.75, 3.05) is 12.3 Å². The summed E-state index contributed by atoms with van der Waals surface area (Å²) in [5.74, 6) is 0.322. The van der Waals surface area contributed by atoms with Crippen LogP contribution in [0.15, 0.2) is 60.0 Å². The number of hydrogen-bond donors (Lipinski definition) is 2. The van der Waals surface area contributed by atoms with E-state index >= 15 is 0 Å². The Morgan fingerprint density at radius 3 is 2.52 bits per heavy atom. The normalized spacial score (nSPS) is 11.7. The average molecular weight is 411 g/mol. The highest BCUT2D eigenvalue weighted by Crippen LogP contribution is 2.27. The largest absolute Gasteiger partial charge is 0.355 e. The molecule has 3 rings (SSSR count). The highest BCUT2D eigenvalue weighted by atomic mass is 32.2. The molecule has 0 radical (unpaired) electrons. The first-order chi connectivity index (χ1) is 14.1. The number of amides is 2. The number of nitrogens with one attached hydrogen (secondary N) is 2. The van der Waals surface area contributed by atoms with E-state index < -0.39 is 6.04 Å². The van der Waals surface area contributed by atoms with E-state index in [1.807, 2.05) is 54.0 Å². The third-order valence-electron chi connectivity index (χ3n) is 4.04. The van der Waals surface area contributed by atoms with Gasteiger partial charge in [-0.05, 0) is 38.1 Å². The van der Waals surface area contributed by atoms with Gasteiger partial charge in [0.05, 0.1) is 5.75 Å². The number of rotatable bonds is 8. The van der Waals surface area contributed by atoms with Crippen LogP contribution < -0.4 is 10.6 Å². The van der Waals surface area contributed by atoms with Gasteiger partial charge in [-0.2, -0.15) is 0 Å². The molecule has 29 heavy (non-hydrogen) atoms. The third-order valence-corrected chi connectivity index (χ3v) is 4.97. The topological polar surface area (TPSA) is 102 Å². The number of carbonyl (C=O) groups is 2. The number of para-hydroxylation sites is 1. The summed E-state index contributed by atoms with van der Waals surface area (Å²) in [6.07, 6.45) is 3.39. The number of carbonyl (C=O) groups excluding carboxylic acids is 2. The summed E-state index contributed by atoms with van der Waals surface area (Å²) in [5, 5.41) is 14.6.